The number of fused-ring (bicyclic) bond motifs is 1. The highest BCUT2D eigenvalue weighted by Crippen LogP contribution is 2.37. The zero-order valence-corrected chi connectivity index (χ0v) is 13.6. The average Bonchev–Trinajstić information content (AvgIpc) is 2.68. The van der Waals surface area contributed by atoms with Crippen LogP contribution in [0.15, 0.2) is 97.1 Å². The molecule has 0 spiro atoms. The van der Waals surface area contributed by atoms with Crippen LogP contribution in [-0.2, 0) is 11.8 Å². The Bertz CT molecular complexity index is 872. The van der Waals surface area contributed by atoms with Crippen LogP contribution in [0, 0.1) is 0 Å². The highest BCUT2D eigenvalue weighted by atomic mass is 14.3. The second-order valence-electron chi connectivity index (χ2n) is 6.36. The number of allylic oxidation sites excluding steroid dienone is 2. The quantitative estimate of drug-likeness (QED) is 0.564. The molecule has 1 unspecified atom stereocenters. The van der Waals surface area contributed by atoms with E-state index in [1.54, 1.807) is 0 Å². The molecule has 0 bridgehead atoms. The molecule has 0 amide bonds. The van der Waals surface area contributed by atoms with Gasteiger partial charge in [-0.15, -0.1) is 0 Å². The van der Waals surface area contributed by atoms with Gasteiger partial charge in [0, 0.05) is 5.41 Å². The predicted molar refractivity (Wildman–Crippen MR) is 103 cm³/mol. The molecule has 0 N–H and O–H groups in total. The minimum atomic E-state index is -0.0918. The van der Waals surface area contributed by atoms with Crippen LogP contribution in [0.5, 0.6) is 0 Å². The number of hydrogen-bond acceptors (Lipinski definition) is 0. The fourth-order valence-electron chi connectivity index (χ4n) is 3.44. The molecule has 0 radical (unpaired) electrons. The molecule has 0 heteroatoms. The first-order chi connectivity index (χ1) is 11.9. The minimum absolute atomic E-state index is 0.0918. The summed E-state index contributed by atoms with van der Waals surface area (Å²) in [6.07, 6.45) is 10.2. The lowest BCUT2D eigenvalue weighted by molar-refractivity contribution is 0.662. The van der Waals surface area contributed by atoms with E-state index in [1.807, 2.05) is 0 Å². The van der Waals surface area contributed by atoms with Crippen LogP contribution < -0.4 is 0 Å². The Morgan fingerprint density at radius 3 is 2.17 bits per heavy atom. The molecular formula is C24H20. The fourth-order valence-corrected chi connectivity index (χ4v) is 3.44. The highest BCUT2D eigenvalue weighted by Gasteiger charge is 2.29. The van der Waals surface area contributed by atoms with E-state index >= 15 is 0 Å². The van der Waals surface area contributed by atoms with Crippen molar-refractivity contribution in [2.24, 2.45) is 0 Å². The van der Waals surface area contributed by atoms with Crippen molar-refractivity contribution in [3.05, 3.63) is 119 Å². The smallest absolute Gasteiger partial charge is 0.0359 e. The predicted octanol–water partition coefficient (Wildman–Crippen LogP) is 5.91. The summed E-state index contributed by atoms with van der Waals surface area (Å²) in [5.41, 5.74) is 5.22. The number of hydrogen-bond donors (Lipinski definition) is 0. The highest BCUT2D eigenvalue weighted by molar-refractivity contribution is 5.64. The Balaban J connectivity index is 1.79. The third kappa shape index (κ3) is 2.83. The molecule has 0 saturated heterocycles. The van der Waals surface area contributed by atoms with Crippen LogP contribution in [0.1, 0.15) is 22.3 Å². The average molecular weight is 308 g/mol. The molecule has 0 aromatic heterocycles. The number of rotatable bonds is 3. The molecular weight excluding hydrogens is 288 g/mol. The fraction of sp³-hybridized carbons (Fsp3) is 0.0833. The molecule has 0 aliphatic heterocycles. The van der Waals surface area contributed by atoms with E-state index in [9.17, 15) is 0 Å². The van der Waals surface area contributed by atoms with Gasteiger partial charge in [0.1, 0.15) is 0 Å². The summed E-state index contributed by atoms with van der Waals surface area (Å²) in [5.74, 6) is 0. The van der Waals surface area contributed by atoms with Crippen LogP contribution in [0.2, 0.25) is 0 Å². The first kappa shape index (κ1) is 14.7. The van der Waals surface area contributed by atoms with Crippen molar-refractivity contribution < 1.29 is 0 Å². The zero-order chi connectivity index (χ0) is 16.2. The lowest BCUT2D eigenvalue weighted by Gasteiger charge is -2.32. The van der Waals surface area contributed by atoms with Gasteiger partial charge in [-0.2, -0.15) is 0 Å². The lowest BCUT2D eigenvalue weighted by atomic mass is 9.71. The summed E-state index contributed by atoms with van der Waals surface area (Å²) in [5, 5.41) is 0. The first-order valence-corrected chi connectivity index (χ1v) is 8.43. The molecule has 0 saturated carbocycles. The van der Waals surface area contributed by atoms with E-state index in [1.165, 1.54) is 22.3 Å². The Kier molecular flexibility index (Phi) is 3.88. The van der Waals surface area contributed by atoms with Gasteiger partial charge in [-0.1, -0.05) is 109 Å². The summed E-state index contributed by atoms with van der Waals surface area (Å²) in [6, 6.07) is 30.0. The largest absolute Gasteiger partial charge is 0.0693 e. The van der Waals surface area contributed by atoms with E-state index in [4.69, 9.17) is 0 Å². The van der Waals surface area contributed by atoms with Crippen LogP contribution in [0.4, 0.5) is 0 Å². The van der Waals surface area contributed by atoms with Crippen molar-refractivity contribution in [2.45, 2.75) is 11.8 Å². The van der Waals surface area contributed by atoms with E-state index in [0.717, 1.165) is 6.42 Å². The Morgan fingerprint density at radius 1 is 0.708 bits per heavy atom. The van der Waals surface area contributed by atoms with Gasteiger partial charge in [0.25, 0.3) is 0 Å². The van der Waals surface area contributed by atoms with Gasteiger partial charge < -0.3 is 0 Å². The van der Waals surface area contributed by atoms with Gasteiger partial charge >= 0.3 is 0 Å². The normalized spacial score (nSPS) is 19.3. The van der Waals surface area contributed by atoms with Gasteiger partial charge in [0.2, 0.25) is 0 Å². The zero-order valence-electron chi connectivity index (χ0n) is 13.6. The van der Waals surface area contributed by atoms with Crippen molar-refractivity contribution in [3.8, 4) is 0 Å². The van der Waals surface area contributed by atoms with Crippen LogP contribution in [-0.4, -0.2) is 0 Å². The molecule has 1 aliphatic carbocycles. The van der Waals surface area contributed by atoms with Gasteiger partial charge in [-0.05, 0) is 28.7 Å². The van der Waals surface area contributed by atoms with E-state index in [2.05, 4.69) is 109 Å². The monoisotopic (exact) mass is 308 g/mol. The molecule has 1 aliphatic rings. The molecule has 4 rings (SSSR count). The van der Waals surface area contributed by atoms with Gasteiger partial charge in [0.15, 0.2) is 0 Å². The number of benzene rings is 3. The summed E-state index contributed by atoms with van der Waals surface area (Å²) < 4.78 is 0. The summed E-state index contributed by atoms with van der Waals surface area (Å²) in [7, 11) is 0. The van der Waals surface area contributed by atoms with Crippen molar-refractivity contribution in [1.29, 1.82) is 0 Å². The molecule has 1 atom stereocenters. The van der Waals surface area contributed by atoms with E-state index in [-0.39, 0.29) is 5.41 Å². The van der Waals surface area contributed by atoms with Gasteiger partial charge in [0.05, 0.1) is 0 Å². The van der Waals surface area contributed by atoms with Crippen molar-refractivity contribution in [3.63, 3.8) is 0 Å². The lowest BCUT2D eigenvalue weighted by Crippen LogP contribution is -2.26. The second-order valence-corrected chi connectivity index (χ2v) is 6.36. The third-order valence-corrected chi connectivity index (χ3v) is 4.78. The van der Waals surface area contributed by atoms with Crippen molar-refractivity contribution in [1.82, 2.24) is 0 Å². The maximum atomic E-state index is 2.35. The van der Waals surface area contributed by atoms with Crippen LogP contribution in [0.25, 0.3) is 12.2 Å². The molecule has 116 valence electrons. The molecule has 0 heterocycles. The van der Waals surface area contributed by atoms with Crippen molar-refractivity contribution in [2.75, 3.05) is 0 Å². The summed E-state index contributed by atoms with van der Waals surface area (Å²) >= 11 is 0. The van der Waals surface area contributed by atoms with Crippen LogP contribution in [0.3, 0.4) is 0 Å². The molecule has 3 aromatic rings. The first-order valence-electron chi connectivity index (χ1n) is 8.43. The molecule has 24 heavy (non-hydrogen) atoms. The van der Waals surface area contributed by atoms with Gasteiger partial charge in [-0.25, -0.2) is 0 Å². The SMILES string of the molecule is C(=CC1(c2ccccc2)C=Cc2ccccc2C1)c1ccccc1. The second kappa shape index (κ2) is 6.33. The Morgan fingerprint density at radius 2 is 1.38 bits per heavy atom. The summed E-state index contributed by atoms with van der Waals surface area (Å²) in [6.45, 7) is 0. The van der Waals surface area contributed by atoms with E-state index < -0.39 is 0 Å². The summed E-state index contributed by atoms with van der Waals surface area (Å²) in [4.78, 5) is 0. The minimum Gasteiger partial charge on any atom is -0.0693 e. The molecule has 0 fully saturated rings. The Hall–Kier alpha value is -2.86. The van der Waals surface area contributed by atoms with Crippen molar-refractivity contribution >= 4 is 12.2 Å². The van der Waals surface area contributed by atoms with E-state index in [0.29, 0.717) is 0 Å². The standard InChI is InChI=1S/C24H20/c1-3-9-20(10-4-1)15-17-24(23-13-5-2-6-14-23)18-16-21-11-7-8-12-22(21)19-24/h1-18H,19H2. The topological polar surface area (TPSA) is 0 Å². The molecule has 0 nitrogen and oxygen atoms in total. The Labute approximate surface area is 143 Å². The third-order valence-electron chi connectivity index (χ3n) is 4.78. The van der Waals surface area contributed by atoms with Gasteiger partial charge in [-0.3, -0.25) is 0 Å². The maximum Gasteiger partial charge on any atom is 0.0359 e. The van der Waals surface area contributed by atoms with Crippen LogP contribution >= 0.6 is 0 Å². The molecule has 3 aromatic carbocycles. The maximum absolute atomic E-state index is 2.35.